The fourth-order valence-corrected chi connectivity index (χ4v) is 4.86. The Bertz CT molecular complexity index is 1100. The number of benzene rings is 2. The van der Waals surface area contributed by atoms with Gasteiger partial charge in [0, 0.05) is 12.5 Å². The number of guanidine groups is 1. The molecule has 1 saturated carbocycles. The highest BCUT2D eigenvalue weighted by Crippen LogP contribution is 2.35. The number of anilines is 1. The molecule has 1 unspecified atom stereocenters. The first-order valence-corrected chi connectivity index (χ1v) is 11.6. The predicted octanol–water partition coefficient (Wildman–Crippen LogP) is 5.05. The summed E-state index contributed by atoms with van der Waals surface area (Å²) in [6, 6.07) is 21.5. The normalized spacial score (nSPS) is 18.6. The fourth-order valence-electron chi connectivity index (χ4n) is 4.86. The van der Waals surface area contributed by atoms with E-state index in [1.165, 1.54) is 12.8 Å². The molecule has 6 heteroatoms. The monoisotopic (exact) mass is 443 g/mol. The minimum absolute atomic E-state index is 0.0270. The third-order valence-electron chi connectivity index (χ3n) is 6.50. The van der Waals surface area contributed by atoms with Crippen molar-refractivity contribution in [1.29, 1.82) is 0 Å². The van der Waals surface area contributed by atoms with Gasteiger partial charge in [0.1, 0.15) is 17.6 Å². The summed E-state index contributed by atoms with van der Waals surface area (Å²) in [5.41, 5.74) is 1.82. The average Bonchev–Trinajstić information content (AvgIpc) is 3.61. The predicted molar refractivity (Wildman–Crippen MR) is 128 cm³/mol. The molecule has 0 bridgehead atoms. The van der Waals surface area contributed by atoms with Gasteiger partial charge in [-0.05, 0) is 42.7 Å². The summed E-state index contributed by atoms with van der Waals surface area (Å²) in [6.07, 6.45) is 6.79. The van der Waals surface area contributed by atoms with Crippen LogP contribution in [0.1, 0.15) is 37.0 Å². The van der Waals surface area contributed by atoms with E-state index < -0.39 is 6.04 Å². The Kier molecular flexibility index (Phi) is 6.15. The van der Waals surface area contributed by atoms with E-state index in [9.17, 15) is 4.79 Å². The summed E-state index contributed by atoms with van der Waals surface area (Å²) >= 11 is 0. The van der Waals surface area contributed by atoms with E-state index in [0.29, 0.717) is 30.7 Å². The maximum Gasteiger partial charge on any atom is 0.259 e. The molecule has 2 heterocycles. The van der Waals surface area contributed by atoms with E-state index >= 15 is 0 Å². The highest BCUT2D eigenvalue weighted by atomic mass is 16.5. The van der Waals surface area contributed by atoms with E-state index in [1.807, 2.05) is 66.7 Å². The van der Waals surface area contributed by atoms with E-state index in [-0.39, 0.29) is 5.91 Å². The third-order valence-corrected chi connectivity index (χ3v) is 6.50. The highest BCUT2D eigenvalue weighted by molar-refractivity contribution is 6.22. The molecule has 1 aliphatic carbocycles. The summed E-state index contributed by atoms with van der Waals surface area (Å²) in [5, 5.41) is 0. The summed E-state index contributed by atoms with van der Waals surface area (Å²) in [6.45, 7) is 0.577. The SMILES string of the molecule is COc1ccccc1N1C(=O)C(Cc2ccccc2)N=C1N(Cc1ccco1)C1CCCC1. The number of carbonyl (C=O) groups is 1. The summed E-state index contributed by atoms with van der Waals surface area (Å²) in [4.78, 5) is 22.9. The minimum atomic E-state index is -0.479. The zero-order valence-electron chi connectivity index (χ0n) is 18.9. The largest absolute Gasteiger partial charge is 0.495 e. The second kappa shape index (κ2) is 9.53. The van der Waals surface area contributed by atoms with Gasteiger partial charge in [-0.2, -0.15) is 0 Å². The van der Waals surface area contributed by atoms with Crippen LogP contribution < -0.4 is 9.64 Å². The molecule has 33 heavy (non-hydrogen) atoms. The van der Waals surface area contributed by atoms with Crippen molar-refractivity contribution < 1.29 is 13.9 Å². The van der Waals surface area contributed by atoms with Crippen LogP contribution in [0.3, 0.4) is 0 Å². The van der Waals surface area contributed by atoms with Gasteiger partial charge in [0.25, 0.3) is 5.91 Å². The van der Waals surface area contributed by atoms with Crippen LogP contribution in [0.4, 0.5) is 5.69 Å². The molecular formula is C27H29N3O3. The molecule has 0 spiro atoms. The van der Waals surface area contributed by atoms with Gasteiger partial charge >= 0.3 is 0 Å². The van der Waals surface area contributed by atoms with Gasteiger partial charge in [0.05, 0.1) is 25.6 Å². The second-order valence-corrected chi connectivity index (χ2v) is 8.63. The Labute approximate surface area is 194 Å². The van der Waals surface area contributed by atoms with Crippen LogP contribution in [0.5, 0.6) is 5.75 Å². The Morgan fingerprint density at radius 3 is 2.52 bits per heavy atom. The van der Waals surface area contributed by atoms with Crippen molar-refractivity contribution in [3.8, 4) is 5.75 Å². The van der Waals surface area contributed by atoms with E-state index in [4.69, 9.17) is 14.1 Å². The molecular weight excluding hydrogens is 414 g/mol. The number of para-hydroxylation sites is 2. The first-order chi connectivity index (χ1) is 16.2. The van der Waals surface area contributed by atoms with E-state index in [0.717, 1.165) is 29.9 Å². The third kappa shape index (κ3) is 4.38. The summed E-state index contributed by atoms with van der Waals surface area (Å²) in [7, 11) is 1.63. The van der Waals surface area contributed by atoms with Crippen LogP contribution in [0.2, 0.25) is 0 Å². The van der Waals surface area contributed by atoms with Crippen molar-refractivity contribution in [2.45, 2.75) is 50.7 Å². The van der Waals surface area contributed by atoms with Crippen LogP contribution in [-0.2, 0) is 17.8 Å². The number of methoxy groups -OCH3 is 1. The lowest BCUT2D eigenvalue weighted by Gasteiger charge is -2.34. The first kappa shape index (κ1) is 21.3. The highest BCUT2D eigenvalue weighted by Gasteiger charge is 2.41. The van der Waals surface area contributed by atoms with Gasteiger partial charge in [-0.1, -0.05) is 55.3 Å². The molecule has 3 aromatic rings. The second-order valence-electron chi connectivity index (χ2n) is 8.63. The molecule has 1 aromatic heterocycles. The molecule has 1 amide bonds. The molecule has 1 fully saturated rings. The first-order valence-electron chi connectivity index (χ1n) is 11.6. The van der Waals surface area contributed by atoms with Crippen LogP contribution in [0, 0.1) is 0 Å². The number of hydrogen-bond acceptors (Lipinski definition) is 5. The Balaban J connectivity index is 1.56. The molecule has 0 N–H and O–H groups in total. The molecule has 0 radical (unpaired) electrons. The lowest BCUT2D eigenvalue weighted by Crippen LogP contribution is -2.48. The summed E-state index contributed by atoms with van der Waals surface area (Å²) < 4.78 is 11.3. The fraction of sp³-hybridized carbons (Fsp3) is 0.333. The Morgan fingerprint density at radius 1 is 1.03 bits per heavy atom. The standard InChI is InChI=1S/C27H29N3O3/c1-32-25-16-8-7-15-24(25)30-26(31)23(18-20-10-3-2-4-11-20)28-27(30)29(21-12-5-6-13-21)19-22-14-9-17-33-22/h2-4,7-11,14-17,21,23H,5-6,12-13,18-19H2,1H3. The molecule has 6 nitrogen and oxygen atoms in total. The van der Waals surface area contributed by atoms with E-state index in [1.54, 1.807) is 18.3 Å². The Hall–Kier alpha value is -3.54. The molecule has 2 aromatic carbocycles. The number of rotatable bonds is 7. The molecule has 1 atom stereocenters. The number of aliphatic imine (C=N–C) groups is 1. The van der Waals surface area contributed by atoms with Crippen molar-refractivity contribution in [1.82, 2.24) is 4.90 Å². The number of hydrogen-bond donors (Lipinski definition) is 0. The van der Waals surface area contributed by atoms with Crippen molar-refractivity contribution in [3.05, 3.63) is 84.3 Å². The number of nitrogens with zero attached hydrogens (tertiary/aromatic N) is 3. The number of carbonyl (C=O) groups excluding carboxylic acids is 1. The van der Waals surface area contributed by atoms with Crippen LogP contribution >= 0.6 is 0 Å². The van der Waals surface area contributed by atoms with Gasteiger partial charge in [-0.15, -0.1) is 0 Å². The van der Waals surface area contributed by atoms with Crippen LogP contribution in [-0.4, -0.2) is 36.0 Å². The molecule has 2 aliphatic rings. The van der Waals surface area contributed by atoms with Crippen molar-refractivity contribution >= 4 is 17.6 Å². The zero-order chi connectivity index (χ0) is 22.6. The lowest BCUT2D eigenvalue weighted by atomic mass is 10.1. The maximum absolute atomic E-state index is 13.8. The minimum Gasteiger partial charge on any atom is -0.495 e. The molecule has 5 rings (SSSR count). The van der Waals surface area contributed by atoms with Crippen LogP contribution in [0.25, 0.3) is 0 Å². The van der Waals surface area contributed by atoms with Crippen LogP contribution in [0.15, 0.2) is 82.4 Å². The van der Waals surface area contributed by atoms with E-state index in [2.05, 4.69) is 4.90 Å². The van der Waals surface area contributed by atoms with Crippen molar-refractivity contribution in [3.63, 3.8) is 0 Å². The van der Waals surface area contributed by atoms with Gasteiger partial charge in [0.2, 0.25) is 5.96 Å². The number of ether oxygens (including phenoxy) is 1. The van der Waals surface area contributed by atoms with Crippen molar-refractivity contribution in [2.24, 2.45) is 4.99 Å². The number of amides is 1. The molecule has 170 valence electrons. The van der Waals surface area contributed by atoms with Gasteiger partial charge < -0.3 is 14.1 Å². The summed E-state index contributed by atoms with van der Waals surface area (Å²) in [5.74, 6) is 2.18. The maximum atomic E-state index is 13.8. The lowest BCUT2D eigenvalue weighted by molar-refractivity contribution is -0.118. The topological polar surface area (TPSA) is 58.3 Å². The van der Waals surface area contributed by atoms with Gasteiger partial charge in [0.15, 0.2) is 0 Å². The van der Waals surface area contributed by atoms with Gasteiger partial charge in [-0.25, -0.2) is 9.89 Å². The zero-order valence-corrected chi connectivity index (χ0v) is 18.9. The Morgan fingerprint density at radius 2 is 1.79 bits per heavy atom. The smallest absolute Gasteiger partial charge is 0.259 e. The molecule has 0 saturated heterocycles. The number of furan rings is 1. The quantitative estimate of drug-likeness (QED) is 0.513. The average molecular weight is 444 g/mol. The van der Waals surface area contributed by atoms with Crippen molar-refractivity contribution in [2.75, 3.05) is 12.0 Å². The molecule has 1 aliphatic heterocycles. The van der Waals surface area contributed by atoms with Gasteiger partial charge in [-0.3, -0.25) is 4.79 Å².